The quantitative estimate of drug-likeness (QED) is 0.187. The van der Waals surface area contributed by atoms with Crippen molar-refractivity contribution in [3.05, 3.63) is 48.2 Å². The number of carbonyl (C=O) groups excluding carboxylic acids is 4. The largest absolute Gasteiger partial charge is 0.453 e. The van der Waals surface area contributed by atoms with Crippen LogP contribution in [-0.4, -0.2) is 105 Å². The van der Waals surface area contributed by atoms with Crippen molar-refractivity contribution in [2.45, 2.75) is 84.0 Å². The summed E-state index contributed by atoms with van der Waals surface area (Å²) in [6, 6.07) is 3.74. The number of methoxy groups -OCH3 is 2. The summed E-state index contributed by atoms with van der Waals surface area (Å²) in [6.45, 7) is 8.67. The molecule has 17 heteroatoms. The Kier molecular flexibility index (Phi) is 10.9. The van der Waals surface area contributed by atoms with Gasteiger partial charge in [-0.2, -0.15) is 0 Å². The average Bonchev–Trinajstić information content (AvgIpc) is 4.03. The lowest BCUT2D eigenvalue weighted by molar-refractivity contribution is -0.135. The Morgan fingerprint density at radius 1 is 0.821 bits per heavy atom. The Bertz CT molecular complexity index is 2080. The van der Waals surface area contributed by atoms with Crippen molar-refractivity contribution in [2.24, 2.45) is 16.8 Å². The molecule has 0 spiro atoms. The van der Waals surface area contributed by atoms with E-state index in [1.54, 1.807) is 17.3 Å². The summed E-state index contributed by atoms with van der Waals surface area (Å²) in [5.74, 6) is 1.38. The van der Waals surface area contributed by atoms with Gasteiger partial charge in [-0.3, -0.25) is 14.6 Å². The van der Waals surface area contributed by atoms with Crippen LogP contribution in [0.2, 0.25) is 0 Å². The van der Waals surface area contributed by atoms with Gasteiger partial charge in [0.2, 0.25) is 11.8 Å². The van der Waals surface area contributed by atoms with E-state index in [2.05, 4.69) is 30.6 Å². The van der Waals surface area contributed by atoms with E-state index in [0.717, 1.165) is 36.1 Å². The number of hydrogen-bond acceptors (Lipinski definition) is 12. The average molecular weight is 770 g/mol. The maximum atomic E-state index is 13.6. The molecule has 2 saturated heterocycles. The number of rotatable bonds is 10. The van der Waals surface area contributed by atoms with Crippen LogP contribution < -0.4 is 20.1 Å². The first-order chi connectivity index (χ1) is 26.9. The number of nitrogens with one attached hydrogen (secondary N) is 3. The third-order valence-corrected chi connectivity index (χ3v) is 10.6. The van der Waals surface area contributed by atoms with E-state index < -0.39 is 24.3 Å². The minimum Gasteiger partial charge on any atom is -0.453 e. The van der Waals surface area contributed by atoms with Gasteiger partial charge in [0.1, 0.15) is 23.6 Å². The Morgan fingerprint density at radius 2 is 1.45 bits per heavy atom. The minimum absolute atomic E-state index is 0.117. The molecule has 4 aliphatic heterocycles. The molecule has 2 aromatic heterocycles. The van der Waals surface area contributed by atoms with Crippen molar-refractivity contribution in [1.29, 1.82) is 0 Å². The number of aliphatic imine (C=N–C) groups is 1. The van der Waals surface area contributed by atoms with Crippen molar-refractivity contribution in [3.8, 4) is 34.6 Å². The molecule has 0 unspecified atom stereocenters. The summed E-state index contributed by atoms with van der Waals surface area (Å²) in [6.07, 6.45) is 7.47. The maximum Gasteiger partial charge on any atom is 0.407 e. The van der Waals surface area contributed by atoms with Crippen LogP contribution in [-0.2, 0) is 19.1 Å². The second kappa shape index (κ2) is 16.0. The molecule has 0 radical (unpaired) electrons. The molecule has 296 valence electrons. The van der Waals surface area contributed by atoms with Gasteiger partial charge in [-0.1, -0.05) is 33.8 Å². The predicted octanol–water partition coefficient (Wildman–Crippen LogP) is 5.37. The number of nitrogens with zero attached hydrogens (tertiary/aromatic N) is 6. The number of carbonyl (C=O) groups is 4. The molecule has 3 N–H and O–H groups in total. The van der Waals surface area contributed by atoms with E-state index in [1.807, 2.05) is 57.0 Å². The van der Waals surface area contributed by atoms with Crippen molar-refractivity contribution >= 4 is 35.3 Å². The van der Waals surface area contributed by atoms with Crippen LogP contribution >= 0.6 is 0 Å². The van der Waals surface area contributed by atoms with Gasteiger partial charge in [0.15, 0.2) is 11.5 Å². The van der Waals surface area contributed by atoms with Gasteiger partial charge in [-0.25, -0.2) is 24.5 Å². The molecule has 56 heavy (non-hydrogen) atoms. The van der Waals surface area contributed by atoms with E-state index in [4.69, 9.17) is 23.9 Å². The molecule has 2 fully saturated rings. The van der Waals surface area contributed by atoms with Gasteiger partial charge >= 0.3 is 12.2 Å². The number of fused-ring (bicyclic) bond motifs is 2. The number of ether oxygens (including phenoxy) is 4. The lowest BCUT2D eigenvalue weighted by Gasteiger charge is -2.31. The zero-order chi connectivity index (χ0) is 39.7. The van der Waals surface area contributed by atoms with Crippen LogP contribution in [0.4, 0.5) is 9.59 Å². The Hall–Kier alpha value is -6.00. The number of allylic oxidation sites excluding steroid dienone is 1. The molecular weight excluding hydrogens is 722 g/mol. The van der Waals surface area contributed by atoms with E-state index in [1.165, 1.54) is 14.2 Å². The predicted molar refractivity (Wildman–Crippen MR) is 203 cm³/mol. The van der Waals surface area contributed by atoms with Crippen LogP contribution in [0.5, 0.6) is 23.3 Å². The van der Waals surface area contributed by atoms with Gasteiger partial charge in [0, 0.05) is 31.4 Å². The number of imidazole rings is 1. The lowest BCUT2D eigenvalue weighted by Crippen LogP contribution is -2.53. The molecule has 1 aromatic carbocycles. The second-order valence-electron chi connectivity index (χ2n) is 15.0. The van der Waals surface area contributed by atoms with Crippen molar-refractivity contribution < 1.29 is 38.1 Å². The van der Waals surface area contributed by atoms with Crippen molar-refractivity contribution in [3.63, 3.8) is 0 Å². The van der Waals surface area contributed by atoms with E-state index in [0.29, 0.717) is 54.6 Å². The fourth-order valence-electron chi connectivity index (χ4n) is 7.62. The van der Waals surface area contributed by atoms with E-state index in [9.17, 15) is 19.2 Å². The number of benzene rings is 1. The Labute approximate surface area is 324 Å². The third-order valence-electron chi connectivity index (χ3n) is 10.6. The maximum absolute atomic E-state index is 13.6. The van der Waals surface area contributed by atoms with Gasteiger partial charge in [-0.05, 0) is 60.8 Å². The smallest absolute Gasteiger partial charge is 0.407 e. The SMILES string of the molecule is COC(=O)N[C@H](C(=O)N1CCC[C@H]1C1=NC=C(c2ccc3c(c2)Oc2ncc(-c4cnc([C@@H]5CCCN5C(=O)[C@@H](NC(=O)OC)C(C)C)[nH]4)nc2O3)C1)C(C)C. The Balaban J connectivity index is 1.00. The van der Waals surface area contributed by atoms with Crippen LogP contribution in [0.25, 0.3) is 17.0 Å². The fraction of sp³-hybridized carbons (Fsp3) is 0.487. The first-order valence-corrected chi connectivity index (χ1v) is 18.9. The zero-order valence-corrected chi connectivity index (χ0v) is 32.3. The van der Waals surface area contributed by atoms with Crippen LogP contribution in [0.1, 0.15) is 77.2 Å². The molecule has 0 bridgehead atoms. The minimum atomic E-state index is -0.734. The normalized spacial score (nSPS) is 19.6. The topological polar surface area (TPSA) is 203 Å². The van der Waals surface area contributed by atoms with Gasteiger partial charge < -0.3 is 44.4 Å². The zero-order valence-electron chi connectivity index (χ0n) is 32.3. The first kappa shape index (κ1) is 38.3. The number of alkyl carbamates (subject to hydrolysis) is 2. The second-order valence-corrected chi connectivity index (χ2v) is 15.0. The molecule has 4 aliphatic rings. The van der Waals surface area contributed by atoms with E-state index in [-0.39, 0.29) is 47.5 Å². The molecule has 7 rings (SSSR count). The summed E-state index contributed by atoms with van der Waals surface area (Å²) in [5, 5.41) is 5.36. The molecule has 6 heterocycles. The van der Waals surface area contributed by atoms with Gasteiger partial charge in [0.05, 0.1) is 44.4 Å². The van der Waals surface area contributed by atoms with E-state index >= 15 is 0 Å². The molecular formula is C39H47N9O8. The fourth-order valence-corrected chi connectivity index (χ4v) is 7.62. The molecule has 4 amide bonds. The van der Waals surface area contributed by atoms with Crippen LogP contribution in [0.15, 0.2) is 41.8 Å². The molecule has 17 nitrogen and oxygen atoms in total. The number of amides is 4. The lowest BCUT2D eigenvalue weighted by atomic mass is 9.97. The highest BCUT2D eigenvalue weighted by atomic mass is 16.6. The highest BCUT2D eigenvalue weighted by Gasteiger charge is 2.40. The van der Waals surface area contributed by atoms with Crippen LogP contribution in [0, 0.1) is 11.8 Å². The monoisotopic (exact) mass is 769 g/mol. The first-order valence-electron chi connectivity index (χ1n) is 18.9. The highest BCUT2D eigenvalue weighted by molar-refractivity contribution is 6.04. The summed E-state index contributed by atoms with van der Waals surface area (Å²) >= 11 is 0. The van der Waals surface area contributed by atoms with Gasteiger partial charge in [-0.15, -0.1) is 0 Å². The van der Waals surface area contributed by atoms with Crippen molar-refractivity contribution in [2.75, 3.05) is 27.3 Å². The number of H-pyrrole nitrogens is 1. The molecule has 3 aromatic rings. The summed E-state index contributed by atoms with van der Waals surface area (Å²) < 4.78 is 21.8. The number of likely N-dealkylation sites (tertiary alicyclic amines) is 2. The van der Waals surface area contributed by atoms with Gasteiger partial charge in [0.25, 0.3) is 11.8 Å². The molecule has 0 saturated carbocycles. The number of aromatic nitrogens is 4. The molecule has 0 aliphatic carbocycles. The number of hydrogen-bond donors (Lipinski definition) is 3. The molecule has 4 atom stereocenters. The summed E-state index contributed by atoms with van der Waals surface area (Å²) in [5.41, 5.74) is 3.85. The standard InChI is InChI=1S/C39H47N9O8/c1-20(2)31(45-38(51)53-5)36(49)47-13-7-9-27(47)24-15-23(17-40-24)22-11-12-29-30(16-22)56-34-35(55-29)44-26(19-42-34)25-18-41-33(43-25)28-10-8-14-48(28)37(50)32(21(3)4)46-39(52)54-6/h11-12,16-21,27-28,31-32H,7-10,13-15H2,1-6H3,(H,41,43)(H,45,51)(H,46,52)/t27-,28-,31-,32-/m0/s1. The number of aromatic amines is 1. The Morgan fingerprint density at radius 3 is 2.09 bits per heavy atom. The summed E-state index contributed by atoms with van der Waals surface area (Å²) in [4.78, 5) is 76.5. The highest BCUT2D eigenvalue weighted by Crippen LogP contribution is 2.45. The third kappa shape index (κ3) is 7.62. The summed E-state index contributed by atoms with van der Waals surface area (Å²) in [7, 11) is 2.55. The van der Waals surface area contributed by atoms with Crippen molar-refractivity contribution in [1.82, 2.24) is 40.4 Å². The van der Waals surface area contributed by atoms with Crippen LogP contribution in [0.3, 0.4) is 0 Å².